The zero-order valence-corrected chi connectivity index (χ0v) is 14.1. The molecule has 2 aromatic carbocycles. The molecule has 0 fully saturated rings. The largest absolute Gasteiger partial charge is 0.497 e. The Bertz CT molecular complexity index is 766. The predicted molar refractivity (Wildman–Crippen MR) is 93.0 cm³/mol. The van der Waals surface area contributed by atoms with Crippen molar-refractivity contribution in [1.29, 1.82) is 5.26 Å². The van der Waals surface area contributed by atoms with Crippen LogP contribution >= 0.6 is 11.8 Å². The highest BCUT2D eigenvalue weighted by atomic mass is 32.2. The van der Waals surface area contributed by atoms with Crippen LogP contribution in [0.15, 0.2) is 65.2 Å². The second kappa shape index (κ2) is 8.49. The monoisotopic (exact) mass is 364 g/mol. The van der Waals surface area contributed by atoms with Crippen molar-refractivity contribution in [2.24, 2.45) is 0 Å². The second-order valence-corrected chi connectivity index (χ2v) is 5.93. The van der Waals surface area contributed by atoms with Crippen LogP contribution in [-0.2, 0) is 5.75 Å². The number of halogens is 3. The average molecular weight is 364 g/mol. The minimum atomic E-state index is -4.73. The van der Waals surface area contributed by atoms with E-state index in [2.05, 4.69) is 5.32 Å². The van der Waals surface area contributed by atoms with Gasteiger partial charge >= 0.3 is 6.18 Å². The van der Waals surface area contributed by atoms with Gasteiger partial charge in [0.2, 0.25) is 0 Å². The summed E-state index contributed by atoms with van der Waals surface area (Å²) in [6, 6.07) is 16.8. The van der Waals surface area contributed by atoms with Gasteiger partial charge < -0.3 is 10.1 Å². The molecule has 0 spiro atoms. The maximum Gasteiger partial charge on any atom is 0.428 e. The number of nitrogens with zero attached hydrogens (tertiary/aromatic N) is 1. The minimum Gasteiger partial charge on any atom is -0.497 e. The molecule has 0 aliphatic rings. The number of nitrogens with one attached hydrogen (secondary N) is 1. The number of thioether (sulfide) groups is 1. The van der Waals surface area contributed by atoms with Crippen molar-refractivity contribution in [1.82, 2.24) is 0 Å². The van der Waals surface area contributed by atoms with Gasteiger partial charge in [-0.3, -0.25) is 0 Å². The lowest BCUT2D eigenvalue weighted by Crippen LogP contribution is -2.15. The minimum absolute atomic E-state index is 0.232. The topological polar surface area (TPSA) is 45.0 Å². The van der Waals surface area contributed by atoms with Crippen molar-refractivity contribution < 1.29 is 17.9 Å². The first-order valence-electron chi connectivity index (χ1n) is 7.23. The van der Waals surface area contributed by atoms with Crippen LogP contribution < -0.4 is 10.1 Å². The molecule has 0 atom stereocenters. The van der Waals surface area contributed by atoms with E-state index < -0.39 is 11.7 Å². The van der Waals surface area contributed by atoms with Gasteiger partial charge in [-0.1, -0.05) is 30.3 Å². The van der Waals surface area contributed by atoms with Crippen LogP contribution in [0.1, 0.15) is 5.56 Å². The summed E-state index contributed by atoms with van der Waals surface area (Å²) in [6.45, 7) is 0. The summed E-state index contributed by atoms with van der Waals surface area (Å²) in [6.07, 6.45) is -4.73. The van der Waals surface area contributed by atoms with E-state index in [1.54, 1.807) is 24.3 Å². The second-order valence-electron chi connectivity index (χ2n) is 4.94. The van der Waals surface area contributed by atoms with Gasteiger partial charge in [0.15, 0.2) is 5.57 Å². The molecule has 7 heteroatoms. The third kappa shape index (κ3) is 5.47. The standard InChI is InChI=1S/C18H15F3N2OS/c1-24-15-9-7-14(8-10-15)23-17(16(11-22)18(19,20)21)25-12-13-5-3-2-4-6-13/h2-10,23H,12H2,1H3/b17-16-. The molecule has 0 amide bonds. The molecule has 0 bridgehead atoms. The molecule has 1 N–H and O–H groups in total. The van der Waals surface area contributed by atoms with Crippen LogP contribution in [-0.4, -0.2) is 13.3 Å². The summed E-state index contributed by atoms with van der Waals surface area (Å²) in [5.74, 6) is 0.893. The van der Waals surface area contributed by atoms with E-state index >= 15 is 0 Å². The molecular weight excluding hydrogens is 349 g/mol. The highest BCUT2D eigenvalue weighted by Gasteiger charge is 2.37. The van der Waals surface area contributed by atoms with Crippen LogP contribution in [0.4, 0.5) is 18.9 Å². The Kier molecular flexibility index (Phi) is 6.37. The average Bonchev–Trinajstić information content (AvgIpc) is 2.60. The van der Waals surface area contributed by atoms with Gasteiger partial charge in [-0.25, -0.2) is 0 Å². The number of rotatable bonds is 6. The van der Waals surface area contributed by atoms with Gasteiger partial charge in [0, 0.05) is 11.4 Å². The molecule has 25 heavy (non-hydrogen) atoms. The Labute approximate surface area is 148 Å². The van der Waals surface area contributed by atoms with Crippen molar-refractivity contribution >= 4 is 17.4 Å². The van der Waals surface area contributed by atoms with Crippen molar-refractivity contribution in [3.63, 3.8) is 0 Å². The molecule has 0 unspecified atom stereocenters. The van der Waals surface area contributed by atoms with Gasteiger partial charge in [-0.15, -0.1) is 11.8 Å². The molecule has 0 saturated heterocycles. The van der Waals surface area contributed by atoms with E-state index in [1.807, 2.05) is 30.3 Å². The summed E-state index contributed by atoms with van der Waals surface area (Å²) >= 11 is 0.934. The van der Waals surface area contributed by atoms with Crippen molar-refractivity contribution in [2.75, 3.05) is 12.4 Å². The molecular formula is C18H15F3N2OS. The van der Waals surface area contributed by atoms with Crippen LogP contribution in [0.3, 0.4) is 0 Å². The molecule has 3 nitrogen and oxygen atoms in total. The van der Waals surface area contributed by atoms with Gasteiger partial charge in [0.1, 0.15) is 11.8 Å². The lowest BCUT2D eigenvalue weighted by molar-refractivity contribution is -0.0876. The Morgan fingerprint density at radius 3 is 2.28 bits per heavy atom. The first-order chi connectivity index (χ1) is 11.9. The number of anilines is 1. The molecule has 0 aliphatic carbocycles. The Hall–Kier alpha value is -2.59. The number of allylic oxidation sites excluding steroid dienone is 1. The highest BCUT2D eigenvalue weighted by molar-refractivity contribution is 8.02. The number of benzene rings is 2. The summed E-state index contributed by atoms with van der Waals surface area (Å²) in [4.78, 5) is 0. The SMILES string of the molecule is COc1ccc(N/C(SCc2ccccc2)=C(\C#N)C(F)(F)F)cc1. The van der Waals surface area contributed by atoms with Crippen molar-refractivity contribution in [3.8, 4) is 11.8 Å². The predicted octanol–water partition coefficient (Wildman–Crippen LogP) is 5.34. The smallest absolute Gasteiger partial charge is 0.428 e. The van der Waals surface area contributed by atoms with E-state index in [1.165, 1.54) is 13.2 Å². The molecule has 2 aromatic rings. The molecule has 0 aliphatic heterocycles. The zero-order valence-electron chi connectivity index (χ0n) is 13.3. The summed E-state index contributed by atoms with van der Waals surface area (Å²) in [5.41, 5.74) is 0.0543. The van der Waals surface area contributed by atoms with Crippen LogP contribution in [0, 0.1) is 11.3 Å². The molecule has 130 valence electrons. The molecule has 0 saturated carbocycles. The fraction of sp³-hybridized carbons (Fsp3) is 0.167. The normalized spacial score (nSPS) is 12.1. The van der Waals surface area contributed by atoms with E-state index in [4.69, 9.17) is 10.00 Å². The third-order valence-corrected chi connectivity index (χ3v) is 4.27. The lowest BCUT2D eigenvalue weighted by Gasteiger charge is -2.15. The number of methoxy groups -OCH3 is 1. The molecule has 0 aromatic heterocycles. The first-order valence-corrected chi connectivity index (χ1v) is 8.22. The maximum absolute atomic E-state index is 13.2. The Balaban J connectivity index is 2.28. The number of alkyl halides is 3. The van der Waals surface area contributed by atoms with Gasteiger partial charge in [0.25, 0.3) is 0 Å². The summed E-state index contributed by atoms with van der Waals surface area (Å²) in [5, 5.41) is 11.5. The Morgan fingerprint density at radius 2 is 1.76 bits per heavy atom. The van der Waals surface area contributed by atoms with Crippen molar-refractivity contribution in [2.45, 2.75) is 11.9 Å². The highest BCUT2D eigenvalue weighted by Crippen LogP contribution is 2.34. The number of hydrogen-bond donors (Lipinski definition) is 1. The fourth-order valence-corrected chi connectivity index (χ4v) is 2.95. The van der Waals surface area contributed by atoms with Crippen LogP contribution in [0.25, 0.3) is 0 Å². The van der Waals surface area contributed by atoms with E-state index in [9.17, 15) is 13.2 Å². The first kappa shape index (κ1) is 18.7. The lowest BCUT2D eigenvalue weighted by atomic mass is 10.2. The molecule has 0 radical (unpaired) electrons. The summed E-state index contributed by atoms with van der Waals surface area (Å²) < 4.78 is 44.5. The number of ether oxygens (including phenoxy) is 1. The van der Waals surface area contributed by atoms with E-state index in [0.29, 0.717) is 17.2 Å². The van der Waals surface area contributed by atoms with Gasteiger partial charge in [-0.2, -0.15) is 18.4 Å². The van der Waals surface area contributed by atoms with E-state index in [-0.39, 0.29) is 5.03 Å². The fourth-order valence-electron chi connectivity index (χ4n) is 1.95. The third-order valence-electron chi connectivity index (χ3n) is 3.20. The quantitative estimate of drug-likeness (QED) is 0.703. The summed E-state index contributed by atoms with van der Waals surface area (Å²) in [7, 11) is 1.50. The van der Waals surface area contributed by atoms with Crippen LogP contribution in [0.5, 0.6) is 5.75 Å². The molecule has 2 rings (SSSR count). The zero-order chi connectivity index (χ0) is 18.3. The number of hydrogen-bond acceptors (Lipinski definition) is 4. The maximum atomic E-state index is 13.2. The molecule has 0 heterocycles. The Morgan fingerprint density at radius 1 is 1.12 bits per heavy atom. The van der Waals surface area contributed by atoms with Gasteiger partial charge in [-0.05, 0) is 29.8 Å². The van der Waals surface area contributed by atoms with Crippen molar-refractivity contribution in [3.05, 3.63) is 70.8 Å². The van der Waals surface area contributed by atoms with Gasteiger partial charge in [0.05, 0.1) is 12.1 Å². The van der Waals surface area contributed by atoms with Crippen LogP contribution in [0.2, 0.25) is 0 Å². The number of nitriles is 1. The van der Waals surface area contributed by atoms with E-state index in [0.717, 1.165) is 17.3 Å².